The number of para-hydroxylation sites is 2. The third-order valence-electron chi connectivity index (χ3n) is 5.22. The summed E-state index contributed by atoms with van der Waals surface area (Å²) in [4.78, 5) is 33.8. The van der Waals surface area contributed by atoms with E-state index in [1.807, 2.05) is 28.8 Å². The highest BCUT2D eigenvalue weighted by Crippen LogP contribution is 2.29. The lowest BCUT2D eigenvalue weighted by Crippen LogP contribution is -2.37. The monoisotopic (exact) mass is 382 g/mol. The van der Waals surface area contributed by atoms with Crippen molar-refractivity contribution in [2.45, 2.75) is 18.9 Å². The molecule has 4 rings (SSSR count). The molecule has 1 saturated heterocycles. The Morgan fingerprint density at radius 3 is 2.61 bits per heavy atom. The van der Waals surface area contributed by atoms with E-state index in [0.29, 0.717) is 5.56 Å². The van der Waals surface area contributed by atoms with Gasteiger partial charge in [-0.3, -0.25) is 4.57 Å². The number of nitrogens with one attached hydrogen (secondary N) is 1. The van der Waals surface area contributed by atoms with Gasteiger partial charge in [-0.15, -0.1) is 0 Å². The van der Waals surface area contributed by atoms with E-state index in [4.69, 9.17) is 9.47 Å². The number of piperidine rings is 1. The number of ether oxygens (including phenoxy) is 2. The molecular weight excluding hydrogens is 360 g/mol. The zero-order valence-electron chi connectivity index (χ0n) is 15.8. The first-order valence-electron chi connectivity index (χ1n) is 9.20. The lowest BCUT2D eigenvalue weighted by atomic mass is 10.0. The van der Waals surface area contributed by atoms with Crippen molar-refractivity contribution in [3.8, 4) is 5.88 Å². The van der Waals surface area contributed by atoms with E-state index in [1.165, 1.54) is 14.2 Å². The molecule has 0 amide bonds. The number of H-pyrrole nitrogens is 1. The van der Waals surface area contributed by atoms with Crippen molar-refractivity contribution in [3.63, 3.8) is 0 Å². The number of nitrogens with zero attached hydrogens (tertiary/aromatic N) is 3. The first-order valence-corrected chi connectivity index (χ1v) is 9.20. The molecule has 2 aromatic heterocycles. The van der Waals surface area contributed by atoms with E-state index in [1.54, 1.807) is 12.1 Å². The van der Waals surface area contributed by atoms with Gasteiger partial charge in [0.25, 0.3) is 0 Å². The molecular formula is C20H22N4O4. The first kappa shape index (κ1) is 18.1. The van der Waals surface area contributed by atoms with Gasteiger partial charge in [-0.25, -0.2) is 9.59 Å². The molecule has 1 N–H and O–H groups in total. The first-order chi connectivity index (χ1) is 13.6. The summed E-state index contributed by atoms with van der Waals surface area (Å²) in [5, 5.41) is 0. The number of rotatable bonds is 4. The largest absolute Gasteiger partial charge is 0.480 e. The van der Waals surface area contributed by atoms with Crippen LogP contribution in [0.4, 0.5) is 5.82 Å². The van der Waals surface area contributed by atoms with Crippen LogP contribution in [0.25, 0.3) is 11.0 Å². The van der Waals surface area contributed by atoms with Crippen LogP contribution in [0.5, 0.6) is 5.88 Å². The van der Waals surface area contributed by atoms with Crippen molar-refractivity contribution in [3.05, 3.63) is 52.4 Å². The second-order valence-corrected chi connectivity index (χ2v) is 6.75. The molecule has 1 aliphatic rings. The zero-order valence-corrected chi connectivity index (χ0v) is 15.8. The second-order valence-electron chi connectivity index (χ2n) is 6.75. The Labute approximate surface area is 161 Å². The smallest absolute Gasteiger partial charge is 0.343 e. The molecule has 3 aromatic rings. The van der Waals surface area contributed by atoms with Crippen molar-refractivity contribution < 1.29 is 14.3 Å². The van der Waals surface area contributed by atoms with Crippen LogP contribution in [0.15, 0.2) is 41.2 Å². The van der Waals surface area contributed by atoms with Crippen LogP contribution in [0.2, 0.25) is 0 Å². The van der Waals surface area contributed by atoms with E-state index < -0.39 is 5.97 Å². The fourth-order valence-corrected chi connectivity index (χ4v) is 3.82. The second kappa shape index (κ2) is 7.38. The van der Waals surface area contributed by atoms with Crippen molar-refractivity contribution >= 4 is 22.8 Å². The van der Waals surface area contributed by atoms with Crippen LogP contribution < -0.4 is 15.3 Å². The minimum Gasteiger partial charge on any atom is -0.480 e. The number of aromatic nitrogens is 3. The molecule has 1 aromatic carbocycles. The van der Waals surface area contributed by atoms with Gasteiger partial charge in [-0.1, -0.05) is 12.1 Å². The highest BCUT2D eigenvalue weighted by atomic mass is 16.5. The molecule has 28 heavy (non-hydrogen) atoms. The maximum atomic E-state index is 12.4. The summed E-state index contributed by atoms with van der Waals surface area (Å²) in [6, 6.07) is 11.4. The van der Waals surface area contributed by atoms with Crippen molar-refractivity contribution in [2.24, 2.45) is 0 Å². The number of hydrogen-bond donors (Lipinski definition) is 1. The third kappa shape index (κ3) is 3.11. The zero-order chi connectivity index (χ0) is 19.7. The molecule has 0 unspecified atom stereocenters. The van der Waals surface area contributed by atoms with Crippen LogP contribution in [-0.2, 0) is 4.74 Å². The Balaban J connectivity index is 1.53. The summed E-state index contributed by atoms with van der Waals surface area (Å²) in [7, 11) is 2.81. The summed E-state index contributed by atoms with van der Waals surface area (Å²) < 4.78 is 11.9. The number of benzene rings is 1. The Kier molecular flexibility index (Phi) is 4.77. The summed E-state index contributed by atoms with van der Waals surface area (Å²) in [6.07, 6.45) is 1.65. The highest BCUT2D eigenvalue weighted by molar-refractivity contribution is 5.92. The van der Waals surface area contributed by atoms with E-state index in [2.05, 4.69) is 14.9 Å². The van der Waals surface area contributed by atoms with Crippen LogP contribution >= 0.6 is 0 Å². The van der Waals surface area contributed by atoms with Gasteiger partial charge in [0, 0.05) is 19.1 Å². The summed E-state index contributed by atoms with van der Waals surface area (Å²) in [5.41, 5.74) is 2.03. The van der Waals surface area contributed by atoms with Crippen molar-refractivity contribution in [1.82, 2.24) is 14.5 Å². The number of hydrogen-bond acceptors (Lipinski definition) is 6. The van der Waals surface area contributed by atoms with Gasteiger partial charge in [0.1, 0.15) is 11.4 Å². The minimum atomic E-state index is -0.478. The van der Waals surface area contributed by atoms with Gasteiger partial charge in [0.2, 0.25) is 5.88 Å². The van der Waals surface area contributed by atoms with Crippen LogP contribution in [0.1, 0.15) is 29.2 Å². The molecule has 0 saturated carbocycles. The maximum Gasteiger partial charge on any atom is 0.343 e. The van der Waals surface area contributed by atoms with E-state index in [-0.39, 0.29) is 17.6 Å². The third-order valence-corrected chi connectivity index (χ3v) is 5.22. The Bertz CT molecular complexity index is 1060. The Hall–Kier alpha value is -3.29. The van der Waals surface area contributed by atoms with Gasteiger partial charge < -0.3 is 19.4 Å². The van der Waals surface area contributed by atoms with Gasteiger partial charge in [0.15, 0.2) is 0 Å². The number of aromatic amines is 1. The fraction of sp³-hybridized carbons (Fsp3) is 0.350. The van der Waals surface area contributed by atoms with E-state index in [9.17, 15) is 9.59 Å². The standard InChI is InChI=1S/C20H22N4O4/c1-27-18-14(19(25)28-2)7-8-17(22-18)23-11-9-13(10-12-23)24-16-6-4-3-5-15(16)21-20(24)26/h3-8,13H,9-12H2,1-2H3,(H,21,26). The number of carbonyl (C=O) groups excluding carboxylic acids is 1. The van der Waals surface area contributed by atoms with Crippen molar-refractivity contribution in [1.29, 1.82) is 0 Å². The normalized spacial score (nSPS) is 15.0. The molecule has 146 valence electrons. The molecule has 1 aliphatic heterocycles. The molecule has 0 atom stereocenters. The van der Waals surface area contributed by atoms with Gasteiger partial charge in [-0.2, -0.15) is 4.98 Å². The van der Waals surface area contributed by atoms with Gasteiger partial charge >= 0.3 is 11.7 Å². The van der Waals surface area contributed by atoms with E-state index in [0.717, 1.165) is 42.8 Å². The Morgan fingerprint density at radius 2 is 1.89 bits per heavy atom. The fourth-order valence-electron chi connectivity index (χ4n) is 3.82. The molecule has 0 aliphatic carbocycles. The summed E-state index contributed by atoms with van der Waals surface area (Å²) in [5.74, 6) is 0.516. The average molecular weight is 382 g/mol. The van der Waals surface area contributed by atoms with Gasteiger partial charge in [-0.05, 0) is 37.1 Å². The molecule has 3 heterocycles. The number of pyridine rings is 1. The number of anilines is 1. The number of esters is 1. The average Bonchev–Trinajstić information content (AvgIpc) is 3.08. The molecule has 1 fully saturated rings. The summed E-state index contributed by atoms with van der Waals surface area (Å²) >= 11 is 0. The highest BCUT2D eigenvalue weighted by Gasteiger charge is 2.25. The van der Waals surface area contributed by atoms with Crippen LogP contribution in [-0.4, -0.2) is 47.8 Å². The maximum absolute atomic E-state index is 12.4. The quantitative estimate of drug-likeness (QED) is 0.697. The SMILES string of the molecule is COC(=O)c1ccc(N2CCC(n3c(=O)[nH]c4ccccc43)CC2)nc1OC. The number of methoxy groups -OCH3 is 2. The predicted octanol–water partition coefficient (Wildman–Crippen LogP) is 2.36. The Morgan fingerprint density at radius 1 is 1.14 bits per heavy atom. The molecule has 8 nitrogen and oxygen atoms in total. The van der Waals surface area contributed by atoms with E-state index >= 15 is 0 Å². The van der Waals surface area contributed by atoms with Gasteiger partial charge in [0.05, 0.1) is 25.3 Å². The molecule has 0 spiro atoms. The van der Waals surface area contributed by atoms with Crippen LogP contribution in [0.3, 0.4) is 0 Å². The molecule has 0 radical (unpaired) electrons. The lowest BCUT2D eigenvalue weighted by molar-refractivity contribution is 0.0596. The molecule has 0 bridgehead atoms. The topological polar surface area (TPSA) is 89.5 Å². The molecule has 8 heteroatoms. The lowest BCUT2D eigenvalue weighted by Gasteiger charge is -2.33. The summed E-state index contributed by atoms with van der Waals surface area (Å²) in [6.45, 7) is 1.51. The number of fused-ring (bicyclic) bond motifs is 1. The van der Waals surface area contributed by atoms with Crippen LogP contribution in [0, 0.1) is 0 Å². The number of carbonyl (C=O) groups is 1. The minimum absolute atomic E-state index is 0.0677. The van der Waals surface area contributed by atoms with Crippen molar-refractivity contribution in [2.75, 3.05) is 32.2 Å². The number of imidazole rings is 1. The predicted molar refractivity (Wildman–Crippen MR) is 105 cm³/mol.